The number of nitrogens with zero attached hydrogens (tertiary/aromatic N) is 4. The third-order valence-corrected chi connectivity index (χ3v) is 4.76. The standard InChI is InChI=1S/C17H18ClN5O/c1-11-13(18)5-2-6-14(11)22-16-15-17(20-9-19-16)23(10-21-15)8-12-4-3-7-24-12/h2,5-6,9-10,12H,3-4,7-8H2,1H3,(H,19,20,22). The molecule has 2 aromatic heterocycles. The van der Waals surface area contributed by atoms with Gasteiger partial charge in [0.25, 0.3) is 0 Å². The normalized spacial score (nSPS) is 17.5. The second-order valence-electron chi connectivity index (χ2n) is 5.96. The highest BCUT2D eigenvalue weighted by molar-refractivity contribution is 6.31. The molecule has 1 N–H and O–H groups in total. The van der Waals surface area contributed by atoms with E-state index >= 15 is 0 Å². The van der Waals surface area contributed by atoms with Crippen molar-refractivity contribution >= 4 is 34.3 Å². The second-order valence-corrected chi connectivity index (χ2v) is 6.37. The monoisotopic (exact) mass is 343 g/mol. The van der Waals surface area contributed by atoms with Crippen molar-refractivity contribution in [3.05, 3.63) is 41.4 Å². The molecule has 0 amide bonds. The predicted molar refractivity (Wildman–Crippen MR) is 93.8 cm³/mol. The van der Waals surface area contributed by atoms with Crippen LogP contribution in [-0.4, -0.2) is 32.2 Å². The molecule has 0 bridgehead atoms. The molecule has 1 aliphatic rings. The summed E-state index contributed by atoms with van der Waals surface area (Å²) >= 11 is 6.19. The van der Waals surface area contributed by atoms with Gasteiger partial charge in [0.2, 0.25) is 0 Å². The summed E-state index contributed by atoms with van der Waals surface area (Å²) < 4.78 is 7.74. The summed E-state index contributed by atoms with van der Waals surface area (Å²) in [5, 5.41) is 4.04. The van der Waals surface area contributed by atoms with Gasteiger partial charge >= 0.3 is 0 Å². The molecule has 7 heteroatoms. The summed E-state index contributed by atoms with van der Waals surface area (Å²) in [7, 11) is 0. The first-order chi connectivity index (χ1) is 11.7. The molecule has 1 fully saturated rings. The van der Waals surface area contributed by atoms with Gasteiger partial charge in [-0.2, -0.15) is 0 Å². The maximum atomic E-state index is 6.19. The fourth-order valence-corrected chi connectivity index (χ4v) is 3.16. The van der Waals surface area contributed by atoms with E-state index in [2.05, 4.69) is 20.3 Å². The Bertz CT molecular complexity index is 873. The first-order valence-electron chi connectivity index (χ1n) is 8.02. The zero-order chi connectivity index (χ0) is 16.5. The minimum Gasteiger partial charge on any atom is -0.376 e. The lowest BCUT2D eigenvalue weighted by Gasteiger charge is -2.11. The van der Waals surface area contributed by atoms with E-state index in [4.69, 9.17) is 16.3 Å². The number of benzene rings is 1. The Hall–Kier alpha value is -2.18. The molecule has 4 rings (SSSR count). The van der Waals surface area contributed by atoms with Crippen LogP contribution in [0.15, 0.2) is 30.9 Å². The molecule has 1 aliphatic heterocycles. The Balaban J connectivity index is 1.66. The van der Waals surface area contributed by atoms with Crippen LogP contribution in [0.25, 0.3) is 11.2 Å². The lowest BCUT2D eigenvalue weighted by atomic mass is 10.2. The number of rotatable bonds is 4. The minimum absolute atomic E-state index is 0.240. The van der Waals surface area contributed by atoms with Crippen molar-refractivity contribution in [3.63, 3.8) is 0 Å². The second kappa shape index (κ2) is 6.37. The van der Waals surface area contributed by atoms with Crippen LogP contribution in [0, 0.1) is 6.92 Å². The molecular formula is C17H18ClN5O. The zero-order valence-electron chi connectivity index (χ0n) is 13.4. The molecular weight excluding hydrogens is 326 g/mol. The highest BCUT2D eigenvalue weighted by Crippen LogP contribution is 2.28. The molecule has 0 radical (unpaired) electrons. The third kappa shape index (κ3) is 2.83. The molecule has 0 saturated carbocycles. The largest absolute Gasteiger partial charge is 0.376 e. The number of nitrogens with one attached hydrogen (secondary N) is 1. The average molecular weight is 344 g/mol. The first-order valence-corrected chi connectivity index (χ1v) is 8.40. The van der Waals surface area contributed by atoms with Crippen molar-refractivity contribution in [1.29, 1.82) is 0 Å². The number of aromatic nitrogens is 4. The number of ether oxygens (including phenoxy) is 1. The summed E-state index contributed by atoms with van der Waals surface area (Å²) in [6, 6.07) is 5.75. The Labute approximate surface area is 144 Å². The van der Waals surface area contributed by atoms with Crippen LogP contribution in [0.2, 0.25) is 5.02 Å². The van der Waals surface area contributed by atoms with E-state index in [0.29, 0.717) is 10.8 Å². The fourth-order valence-electron chi connectivity index (χ4n) is 2.98. The smallest absolute Gasteiger partial charge is 0.165 e. The molecule has 6 nitrogen and oxygen atoms in total. The molecule has 1 aromatic carbocycles. The molecule has 1 saturated heterocycles. The van der Waals surface area contributed by atoms with E-state index in [9.17, 15) is 0 Å². The van der Waals surface area contributed by atoms with Gasteiger partial charge in [-0.15, -0.1) is 0 Å². The predicted octanol–water partition coefficient (Wildman–Crippen LogP) is 3.71. The summed E-state index contributed by atoms with van der Waals surface area (Å²) in [6.45, 7) is 3.58. The summed E-state index contributed by atoms with van der Waals surface area (Å²) in [4.78, 5) is 13.2. The van der Waals surface area contributed by atoms with Crippen molar-refractivity contribution in [2.24, 2.45) is 0 Å². The van der Waals surface area contributed by atoms with Crippen LogP contribution in [0.4, 0.5) is 11.5 Å². The van der Waals surface area contributed by atoms with Gasteiger partial charge in [0.15, 0.2) is 17.0 Å². The quantitative estimate of drug-likeness (QED) is 0.782. The molecule has 3 heterocycles. The van der Waals surface area contributed by atoms with Crippen LogP contribution in [0.3, 0.4) is 0 Å². The molecule has 3 aromatic rings. The van der Waals surface area contributed by atoms with E-state index in [1.807, 2.05) is 29.7 Å². The van der Waals surface area contributed by atoms with E-state index in [1.165, 1.54) is 0 Å². The fraction of sp³-hybridized carbons (Fsp3) is 0.353. The molecule has 1 unspecified atom stereocenters. The maximum Gasteiger partial charge on any atom is 0.165 e. The molecule has 0 aliphatic carbocycles. The average Bonchev–Trinajstić information content (AvgIpc) is 3.23. The van der Waals surface area contributed by atoms with E-state index in [-0.39, 0.29) is 6.10 Å². The van der Waals surface area contributed by atoms with Crippen LogP contribution in [0.1, 0.15) is 18.4 Å². The lowest BCUT2D eigenvalue weighted by molar-refractivity contribution is 0.0978. The topological polar surface area (TPSA) is 64.9 Å². The van der Waals surface area contributed by atoms with Crippen LogP contribution < -0.4 is 5.32 Å². The Morgan fingerprint density at radius 3 is 3.08 bits per heavy atom. The van der Waals surface area contributed by atoms with E-state index in [1.54, 1.807) is 12.7 Å². The number of anilines is 2. The van der Waals surface area contributed by atoms with E-state index < -0.39 is 0 Å². The van der Waals surface area contributed by atoms with Crippen LogP contribution in [0.5, 0.6) is 0 Å². The van der Waals surface area contributed by atoms with Gasteiger partial charge in [0.05, 0.1) is 19.0 Å². The van der Waals surface area contributed by atoms with Crippen molar-refractivity contribution in [1.82, 2.24) is 19.5 Å². The molecule has 1 atom stereocenters. The van der Waals surface area contributed by atoms with Gasteiger partial charge in [-0.25, -0.2) is 15.0 Å². The van der Waals surface area contributed by atoms with Crippen molar-refractivity contribution in [3.8, 4) is 0 Å². The van der Waals surface area contributed by atoms with Crippen molar-refractivity contribution in [2.45, 2.75) is 32.4 Å². The molecule has 124 valence electrons. The van der Waals surface area contributed by atoms with Gasteiger partial charge in [0.1, 0.15) is 6.33 Å². The minimum atomic E-state index is 0.240. The van der Waals surface area contributed by atoms with Gasteiger partial charge in [-0.1, -0.05) is 17.7 Å². The van der Waals surface area contributed by atoms with Gasteiger partial charge < -0.3 is 14.6 Å². The summed E-state index contributed by atoms with van der Waals surface area (Å²) in [6.07, 6.45) is 5.80. The zero-order valence-corrected chi connectivity index (χ0v) is 14.1. The van der Waals surface area contributed by atoms with Crippen molar-refractivity contribution < 1.29 is 4.74 Å². The SMILES string of the molecule is Cc1c(Cl)cccc1Nc1ncnc2c1ncn2CC1CCCO1. The van der Waals surface area contributed by atoms with E-state index in [0.717, 1.165) is 48.4 Å². The number of halogens is 1. The first kappa shape index (κ1) is 15.4. The summed E-state index contributed by atoms with van der Waals surface area (Å²) in [5.74, 6) is 0.677. The Morgan fingerprint density at radius 1 is 1.33 bits per heavy atom. The number of hydrogen-bond acceptors (Lipinski definition) is 5. The van der Waals surface area contributed by atoms with Crippen LogP contribution in [-0.2, 0) is 11.3 Å². The highest BCUT2D eigenvalue weighted by Gasteiger charge is 2.18. The third-order valence-electron chi connectivity index (χ3n) is 4.35. The molecule has 0 spiro atoms. The van der Waals surface area contributed by atoms with Crippen molar-refractivity contribution in [2.75, 3.05) is 11.9 Å². The van der Waals surface area contributed by atoms with Gasteiger partial charge in [0, 0.05) is 17.3 Å². The number of hydrogen-bond donors (Lipinski definition) is 1. The maximum absolute atomic E-state index is 6.19. The lowest BCUT2D eigenvalue weighted by Crippen LogP contribution is -2.14. The Morgan fingerprint density at radius 2 is 2.25 bits per heavy atom. The Kier molecular flexibility index (Phi) is 4.08. The van der Waals surface area contributed by atoms with Crippen LogP contribution >= 0.6 is 11.6 Å². The highest BCUT2D eigenvalue weighted by atomic mass is 35.5. The number of fused-ring (bicyclic) bond motifs is 1. The molecule has 24 heavy (non-hydrogen) atoms. The summed E-state index contributed by atoms with van der Waals surface area (Å²) in [5.41, 5.74) is 3.44. The number of imidazole rings is 1. The van der Waals surface area contributed by atoms with Gasteiger partial charge in [-0.05, 0) is 37.5 Å². The van der Waals surface area contributed by atoms with Gasteiger partial charge in [-0.3, -0.25) is 0 Å².